The summed E-state index contributed by atoms with van der Waals surface area (Å²) in [4.78, 5) is 29.7. The standard InChI is InChI=1S/C23H34N2O4/c1-23(2,28-3)22(27)25-15-12-20(29-19-10-6-4-7-11-19)18(17-25)16-21(26)24-13-8-5-9-14-24/h4,6-7,10-11,18,20H,5,8-9,12-17H2,1-3H3/t18-,20-/m0/s1. The molecular formula is C23H34N2O4. The first-order valence-corrected chi connectivity index (χ1v) is 10.7. The second kappa shape index (κ2) is 9.61. The topological polar surface area (TPSA) is 59.1 Å². The van der Waals surface area contributed by atoms with Gasteiger partial charge in [-0.3, -0.25) is 9.59 Å². The predicted octanol–water partition coefficient (Wildman–Crippen LogP) is 3.11. The lowest BCUT2D eigenvalue weighted by Crippen LogP contribution is -2.54. The number of carbonyl (C=O) groups excluding carboxylic acids is 2. The van der Waals surface area contributed by atoms with Crippen LogP contribution < -0.4 is 4.74 Å². The lowest BCUT2D eigenvalue weighted by atomic mass is 9.89. The molecule has 29 heavy (non-hydrogen) atoms. The molecule has 0 N–H and O–H groups in total. The van der Waals surface area contributed by atoms with Crippen molar-refractivity contribution in [2.45, 2.75) is 57.7 Å². The highest BCUT2D eigenvalue weighted by Gasteiger charge is 2.39. The highest BCUT2D eigenvalue weighted by Crippen LogP contribution is 2.28. The fourth-order valence-electron chi connectivity index (χ4n) is 4.18. The molecule has 2 heterocycles. The molecule has 2 aliphatic rings. The summed E-state index contributed by atoms with van der Waals surface area (Å²) < 4.78 is 11.6. The van der Waals surface area contributed by atoms with Gasteiger partial charge in [0.2, 0.25) is 5.91 Å². The molecule has 0 spiro atoms. The summed E-state index contributed by atoms with van der Waals surface area (Å²) in [6, 6.07) is 9.73. The van der Waals surface area contributed by atoms with E-state index in [1.807, 2.05) is 40.1 Å². The van der Waals surface area contributed by atoms with E-state index in [2.05, 4.69) is 0 Å². The fourth-order valence-corrected chi connectivity index (χ4v) is 4.18. The maximum absolute atomic E-state index is 12.9. The number of rotatable bonds is 6. The van der Waals surface area contributed by atoms with Crippen molar-refractivity contribution in [1.82, 2.24) is 9.80 Å². The molecular weight excluding hydrogens is 368 g/mol. The summed E-state index contributed by atoms with van der Waals surface area (Å²) in [5, 5.41) is 0. The monoisotopic (exact) mass is 402 g/mol. The average molecular weight is 403 g/mol. The molecule has 2 aliphatic heterocycles. The Labute approximate surface area is 174 Å². The number of amides is 2. The number of para-hydroxylation sites is 1. The number of carbonyl (C=O) groups is 2. The van der Waals surface area contributed by atoms with Gasteiger partial charge in [0.25, 0.3) is 5.91 Å². The third-order valence-corrected chi connectivity index (χ3v) is 6.15. The Balaban J connectivity index is 1.72. The van der Waals surface area contributed by atoms with Gasteiger partial charge in [0.05, 0.1) is 0 Å². The molecule has 0 bridgehead atoms. The first-order chi connectivity index (χ1) is 13.9. The number of benzene rings is 1. The van der Waals surface area contributed by atoms with Crippen molar-refractivity contribution in [2.75, 3.05) is 33.3 Å². The minimum absolute atomic E-state index is 0.0324. The Morgan fingerprint density at radius 2 is 1.72 bits per heavy atom. The normalized spacial score (nSPS) is 23.0. The van der Waals surface area contributed by atoms with Gasteiger partial charge in [-0.1, -0.05) is 18.2 Å². The number of methoxy groups -OCH3 is 1. The first-order valence-electron chi connectivity index (χ1n) is 10.7. The van der Waals surface area contributed by atoms with E-state index in [4.69, 9.17) is 9.47 Å². The van der Waals surface area contributed by atoms with Crippen molar-refractivity contribution < 1.29 is 19.1 Å². The Bertz CT molecular complexity index is 685. The van der Waals surface area contributed by atoms with Crippen LogP contribution in [-0.4, -0.2) is 66.6 Å². The maximum Gasteiger partial charge on any atom is 0.254 e. The van der Waals surface area contributed by atoms with Crippen molar-refractivity contribution in [2.24, 2.45) is 5.92 Å². The third kappa shape index (κ3) is 5.50. The Morgan fingerprint density at radius 1 is 1.03 bits per heavy atom. The molecule has 0 unspecified atom stereocenters. The lowest BCUT2D eigenvalue weighted by Gasteiger charge is -2.41. The summed E-state index contributed by atoms with van der Waals surface area (Å²) in [6.07, 6.45) is 4.38. The van der Waals surface area contributed by atoms with E-state index in [9.17, 15) is 9.59 Å². The van der Waals surface area contributed by atoms with Gasteiger partial charge in [0, 0.05) is 52.0 Å². The third-order valence-electron chi connectivity index (χ3n) is 6.15. The summed E-state index contributed by atoms with van der Waals surface area (Å²) in [6.45, 7) is 6.38. The number of ether oxygens (including phenoxy) is 2. The van der Waals surface area contributed by atoms with Gasteiger partial charge >= 0.3 is 0 Å². The van der Waals surface area contributed by atoms with Crippen LogP contribution >= 0.6 is 0 Å². The van der Waals surface area contributed by atoms with Crippen LogP contribution in [-0.2, 0) is 14.3 Å². The van der Waals surface area contributed by atoms with Crippen LogP contribution in [0.5, 0.6) is 5.75 Å². The van der Waals surface area contributed by atoms with Gasteiger partial charge in [-0.15, -0.1) is 0 Å². The van der Waals surface area contributed by atoms with Crippen molar-refractivity contribution in [3.8, 4) is 5.75 Å². The summed E-state index contributed by atoms with van der Waals surface area (Å²) >= 11 is 0. The van der Waals surface area contributed by atoms with E-state index < -0.39 is 5.60 Å². The molecule has 1 aromatic carbocycles. The van der Waals surface area contributed by atoms with E-state index in [1.165, 1.54) is 6.42 Å². The second-order valence-corrected chi connectivity index (χ2v) is 8.63. The lowest BCUT2D eigenvalue weighted by molar-refractivity contribution is -0.155. The minimum Gasteiger partial charge on any atom is -0.490 e. The molecule has 6 nitrogen and oxygen atoms in total. The average Bonchev–Trinajstić information content (AvgIpc) is 2.75. The molecule has 1 aromatic rings. The molecule has 0 aromatic heterocycles. The Morgan fingerprint density at radius 3 is 2.38 bits per heavy atom. The molecule has 2 amide bonds. The second-order valence-electron chi connectivity index (χ2n) is 8.63. The largest absolute Gasteiger partial charge is 0.490 e. The molecule has 6 heteroatoms. The zero-order chi connectivity index (χ0) is 20.9. The van der Waals surface area contributed by atoms with Crippen molar-refractivity contribution in [3.63, 3.8) is 0 Å². The van der Waals surface area contributed by atoms with Gasteiger partial charge in [0.15, 0.2) is 0 Å². The van der Waals surface area contributed by atoms with E-state index in [-0.39, 0.29) is 23.8 Å². The van der Waals surface area contributed by atoms with Crippen LogP contribution in [0.2, 0.25) is 0 Å². The van der Waals surface area contributed by atoms with Crippen LogP contribution in [0.4, 0.5) is 0 Å². The van der Waals surface area contributed by atoms with E-state index in [1.54, 1.807) is 21.0 Å². The number of hydrogen-bond donors (Lipinski definition) is 0. The zero-order valence-corrected chi connectivity index (χ0v) is 17.9. The van der Waals surface area contributed by atoms with Crippen LogP contribution in [0, 0.1) is 5.92 Å². The predicted molar refractivity (Wildman–Crippen MR) is 112 cm³/mol. The van der Waals surface area contributed by atoms with Gasteiger partial charge in [-0.25, -0.2) is 0 Å². The van der Waals surface area contributed by atoms with Crippen molar-refractivity contribution in [1.29, 1.82) is 0 Å². The molecule has 0 radical (unpaired) electrons. The van der Waals surface area contributed by atoms with Gasteiger partial charge in [-0.2, -0.15) is 0 Å². The van der Waals surface area contributed by atoms with Crippen LogP contribution in [0.3, 0.4) is 0 Å². The van der Waals surface area contributed by atoms with Crippen LogP contribution in [0.15, 0.2) is 30.3 Å². The molecule has 0 saturated carbocycles. The van der Waals surface area contributed by atoms with Crippen molar-refractivity contribution in [3.05, 3.63) is 30.3 Å². The number of nitrogens with zero attached hydrogens (tertiary/aromatic N) is 2. The molecule has 3 rings (SSSR count). The first kappa shape index (κ1) is 21.6. The summed E-state index contributed by atoms with van der Waals surface area (Å²) in [7, 11) is 1.56. The number of hydrogen-bond acceptors (Lipinski definition) is 4. The quantitative estimate of drug-likeness (QED) is 0.734. The summed E-state index contributed by atoms with van der Waals surface area (Å²) in [5.41, 5.74) is -0.867. The zero-order valence-electron chi connectivity index (χ0n) is 17.9. The van der Waals surface area contributed by atoms with Gasteiger partial charge in [0.1, 0.15) is 17.5 Å². The van der Waals surface area contributed by atoms with Gasteiger partial charge in [-0.05, 0) is 45.2 Å². The maximum atomic E-state index is 12.9. The van der Waals surface area contributed by atoms with E-state index in [0.717, 1.165) is 31.7 Å². The van der Waals surface area contributed by atoms with Crippen LogP contribution in [0.1, 0.15) is 46.0 Å². The highest BCUT2D eigenvalue weighted by molar-refractivity contribution is 5.84. The van der Waals surface area contributed by atoms with Crippen LogP contribution in [0.25, 0.3) is 0 Å². The highest BCUT2D eigenvalue weighted by atomic mass is 16.5. The van der Waals surface area contributed by atoms with E-state index >= 15 is 0 Å². The number of likely N-dealkylation sites (tertiary alicyclic amines) is 2. The molecule has 160 valence electrons. The smallest absolute Gasteiger partial charge is 0.254 e. The molecule has 2 saturated heterocycles. The Kier molecular flexibility index (Phi) is 7.17. The molecule has 0 aliphatic carbocycles. The SMILES string of the molecule is COC(C)(C)C(=O)N1CC[C@H](Oc2ccccc2)[C@@H](CC(=O)N2CCCCC2)C1. The summed E-state index contributed by atoms with van der Waals surface area (Å²) in [5.74, 6) is 0.921. The van der Waals surface area contributed by atoms with Crippen molar-refractivity contribution >= 4 is 11.8 Å². The minimum atomic E-state index is -0.867. The molecule has 2 fully saturated rings. The van der Waals surface area contributed by atoms with Gasteiger partial charge < -0.3 is 19.3 Å². The fraction of sp³-hybridized carbons (Fsp3) is 0.652. The molecule has 2 atom stereocenters. The number of piperidine rings is 2. The Hall–Kier alpha value is -2.08. The van der Waals surface area contributed by atoms with E-state index in [0.29, 0.717) is 25.9 Å².